The number of hydrogen-bond donors (Lipinski definition) is 1. The van der Waals surface area contributed by atoms with E-state index in [0.29, 0.717) is 33.3 Å². The highest BCUT2D eigenvalue weighted by Crippen LogP contribution is 2.44. The van der Waals surface area contributed by atoms with E-state index in [1.165, 1.54) is 12.1 Å². The number of amides is 1. The van der Waals surface area contributed by atoms with E-state index < -0.39 is 11.6 Å². The first kappa shape index (κ1) is 27.7. The summed E-state index contributed by atoms with van der Waals surface area (Å²) in [5.41, 5.74) is 3.20. The Morgan fingerprint density at radius 3 is 2.12 bits per heavy atom. The van der Waals surface area contributed by atoms with Crippen molar-refractivity contribution in [2.75, 3.05) is 12.0 Å². The third-order valence-electron chi connectivity index (χ3n) is 7.25. The zero-order valence-electron chi connectivity index (χ0n) is 22.8. The topological polar surface area (TPSA) is 59.0 Å². The number of nitrogens with zero attached hydrogens (tertiary/aromatic N) is 1. The van der Waals surface area contributed by atoms with Gasteiger partial charge in [-0.05, 0) is 97.1 Å². The molecule has 206 valence electrons. The SMILES string of the molecule is COc1cc2c(cc1OC(C)C)C(c1ccc(Cl)cc1)N(c1ccc([C@](C)(O)c3ccc(F)cc3)cc1)C(=O)C2. The molecule has 7 heteroatoms. The van der Waals surface area contributed by atoms with E-state index in [2.05, 4.69) is 0 Å². The summed E-state index contributed by atoms with van der Waals surface area (Å²) >= 11 is 6.21. The van der Waals surface area contributed by atoms with E-state index in [1.54, 1.807) is 43.2 Å². The van der Waals surface area contributed by atoms with Crippen LogP contribution in [-0.2, 0) is 16.8 Å². The van der Waals surface area contributed by atoms with E-state index in [9.17, 15) is 14.3 Å². The molecule has 0 aliphatic carbocycles. The van der Waals surface area contributed by atoms with Crippen LogP contribution in [0.1, 0.15) is 54.6 Å². The molecule has 0 aromatic heterocycles. The molecular weight excluding hydrogens is 529 g/mol. The zero-order valence-corrected chi connectivity index (χ0v) is 23.6. The van der Waals surface area contributed by atoms with Gasteiger partial charge in [-0.2, -0.15) is 0 Å². The van der Waals surface area contributed by atoms with Crippen LogP contribution in [0.15, 0.2) is 84.9 Å². The summed E-state index contributed by atoms with van der Waals surface area (Å²) in [5.74, 6) is 0.739. The van der Waals surface area contributed by atoms with Crippen molar-refractivity contribution < 1.29 is 23.8 Å². The third kappa shape index (κ3) is 5.29. The fourth-order valence-electron chi connectivity index (χ4n) is 5.22. The molecule has 1 unspecified atom stereocenters. The molecule has 1 amide bonds. The van der Waals surface area contributed by atoms with E-state index in [4.69, 9.17) is 21.1 Å². The Morgan fingerprint density at radius 1 is 0.950 bits per heavy atom. The van der Waals surface area contributed by atoms with Gasteiger partial charge in [0.25, 0.3) is 0 Å². The van der Waals surface area contributed by atoms with Gasteiger partial charge in [-0.1, -0.05) is 48.0 Å². The maximum absolute atomic E-state index is 13.7. The molecular formula is C33H31ClFNO4. The van der Waals surface area contributed by atoms with Crippen LogP contribution in [0.2, 0.25) is 5.02 Å². The Hall–Kier alpha value is -3.87. The highest BCUT2D eigenvalue weighted by molar-refractivity contribution is 6.30. The van der Waals surface area contributed by atoms with Gasteiger partial charge in [0.1, 0.15) is 11.4 Å². The van der Waals surface area contributed by atoms with Crippen LogP contribution >= 0.6 is 11.6 Å². The lowest BCUT2D eigenvalue weighted by atomic mass is 9.86. The number of carbonyl (C=O) groups is 1. The van der Waals surface area contributed by atoms with Crippen LogP contribution in [0.5, 0.6) is 11.5 Å². The van der Waals surface area contributed by atoms with E-state index in [1.807, 2.05) is 62.4 Å². The summed E-state index contributed by atoms with van der Waals surface area (Å²) in [7, 11) is 1.59. The van der Waals surface area contributed by atoms with Crippen molar-refractivity contribution in [2.24, 2.45) is 0 Å². The number of halogens is 2. The molecule has 1 aliphatic rings. The van der Waals surface area contributed by atoms with Crippen molar-refractivity contribution in [3.05, 3.63) is 124 Å². The van der Waals surface area contributed by atoms with Gasteiger partial charge in [-0.3, -0.25) is 4.79 Å². The zero-order chi connectivity index (χ0) is 28.6. The van der Waals surface area contributed by atoms with Crippen molar-refractivity contribution in [1.29, 1.82) is 0 Å². The largest absolute Gasteiger partial charge is 0.493 e. The molecule has 1 heterocycles. The minimum atomic E-state index is -1.35. The van der Waals surface area contributed by atoms with Gasteiger partial charge < -0.3 is 19.5 Å². The van der Waals surface area contributed by atoms with E-state index in [0.717, 1.165) is 16.7 Å². The van der Waals surface area contributed by atoms with Crippen molar-refractivity contribution in [2.45, 2.75) is 44.9 Å². The molecule has 0 saturated carbocycles. The molecule has 40 heavy (non-hydrogen) atoms. The minimum Gasteiger partial charge on any atom is -0.493 e. The van der Waals surface area contributed by atoms with Gasteiger partial charge in [0.2, 0.25) is 5.91 Å². The Labute approximate surface area is 238 Å². The number of aliphatic hydroxyl groups is 1. The molecule has 0 spiro atoms. The number of rotatable bonds is 7. The summed E-state index contributed by atoms with van der Waals surface area (Å²) in [6.07, 6.45) is 0.121. The quantitative estimate of drug-likeness (QED) is 0.260. The fourth-order valence-corrected chi connectivity index (χ4v) is 5.34. The Morgan fingerprint density at radius 2 is 1.55 bits per heavy atom. The van der Waals surface area contributed by atoms with E-state index in [-0.39, 0.29) is 24.2 Å². The van der Waals surface area contributed by atoms with Crippen molar-refractivity contribution in [1.82, 2.24) is 0 Å². The first-order chi connectivity index (χ1) is 19.1. The lowest BCUT2D eigenvalue weighted by Gasteiger charge is -2.38. The van der Waals surface area contributed by atoms with Crippen LogP contribution in [-0.4, -0.2) is 24.2 Å². The molecule has 5 rings (SSSR count). The first-order valence-corrected chi connectivity index (χ1v) is 13.5. The summed E-state index contributed by atoms with van der Waals surface area (Å²) in [6, 6.07) is 23.9. The Kier molecular flexibility index (Phi) is 7.58. The fraction of sp³-hybridized carbons (Fsp3) is 0.242. The van der Waals surface area contributed by atoms with Crippen LogP contribution in [0.4, 0.5) is 10.1 Å². The van der Waals surface area contributed by atoms with Crippen LogP contribution in [0, 0.1) is 5.82 Å². The van der Waals surface area contributed by atoms with Crippen LogP contribution in [0.3, 0.4) is 0 Å². The number of ether oxygens (including phenoxy) is 2. The second-order valence-electron chi connectivity index (χ2n) is 10.4. The molecule has 4 aromatic rings. The standard InChI is InChI=1S/C33H31ClFNO4/c1-20(2)40-30-19-28-22(17-29(30)39-4)18-31(37)36(32(28)21-5-11-25(34)12-6-21)27-15-9-24(10-16-27)33(3,38)23-7-13-26(35)14-8-23/h5-17,19-20,32,38H,18H2,1-4H3/t32?,33-/m1/s1. The molecule has 4 aromatic carbocycles. The molecule has 0 saturated heterocycles. The smallest absolute Gasteiger partial charge is 0.232 e. The second-order valence-corrected chi connectivity index (χ2v) is 10.8. The van der Waals surface area contributed by atoms with Gasteiger partial charge >= 0.3 is 0 Å². The van der Waals surface area contributed by atoms with Crippen molar-refractivity contribution >= 4 is 23.2 Å². The number of benzene rings is 4. The number of carbonyl (C=O) groups excluding carboxylic acids is 1. The van der Waals surface area contributed by atoms with E-state index >= 15 is 0 Å². The minimum absolute atomic E-state index is 0.0660. The molecule has 1 N–H and O–H groups in total. The predicted octanol–water partition coefficient (Wildman–Crippen LogP) is 7.21. The molecule has 0 fully saturated rings. The highest BCUT2D eigenvalue weighted by atomic mass is 35.5. The summed E-state index contributed by atoms with van der Waals surface area (Å²) in [6.45, 7) is 5.57. The molecule has 1 aliphatic heterocycles. The van der Waals surface area contributed by atoms with Crippen LogP contribution < -0.4 is 14.4 Å². The van der Waals surface area contributed by atoms with Crippen LogP contribution in [0.25, 0.3) is 0 Å². The molecule has 2 atom stereocenters. The number of methoxy groups -OCH3 is 1. The number of anilines is 1. The average molecular weight is 560 g/mol. The average Bonchev–Trinajstić information content (AvgIpc) is 2.93. The van der Waals surface area contributed by atoms with Gasteiger partial charge in [0.15, 0.2) is 11.5 Å². The van der Waals surface area contributed by atoms with Gasteiger partial charge in [-0.15, -0.1) is 0 Å². The van der Waals surface area contributed by atoms with Gasteiger partial charge in [0, 0.05) is 10.7 Å². The van der Waals surface area contributed by atoms with Gasteiger partial charge in [-0.25, -0.2) is 4.39 Å². The molecule has 5 nitrogen and oxygen atoms in total. The number of fused-ring (bicyclic) bond motifs is 1. The summed E-state index contributed by atoms with van der Waals surface area (Å²) in [5, 5.41) is 11.9. The van der Waals surface area contributed by atoms with Crippen molar-refractivity contribution in [3.8, 4) is 11.5 Å². The third-order valence-corrected chi connectivity index (χ3v) is 7.50. The maximum Gasteiger partial charge on any atom is 0.232 e. The van der Waals surface area contributed by atoms with Gasteiger partial charge in [0.05, 0.1) is 25.7 Å². The molecule has 0 radical (unpaired) electrons. The monoisotopic (exact) mass is 559 g/mol. The maximum atomic E-state index is 13.7. The lowest BCUT2D eigenvalue weighted by molar-refractivity contribution is -0.118. The lowest BCUT2D eigenvalue weighted by Crippen LogP contribution is -2.41. The summed E-state index contributed by atoms with van der Waals surface area (Å²) in [4.78, 5) is 15.5. The normalized spacial score (nSPS) is 16.4. The Balaban J connectivity index is 1.60. The summed E-state index contributed by atoms with van der Waals surface area (Å²) < 4.78 is 25.1. The highest BCUT2D eigenvalue weighted by Gasteiger charge is 2.36. The predicted molar refractivity (Wildman–Crippen MR) is 155 cm³/mol. The first-order valence-electron chi connectivity index (χ1n) is 13.1. The molecule has 0 bridgehead atoms. The number of hydrogen-bond acceptors (Lipinski definition) is 4. The van der Waals surface area contributed by atoms with Crippen molar-refractivity contribution in [3.63, 3.8) is 0 Å². The second kappa shape index (κ2) is 11.0. The Bertz CT molecular complexity index is 1520.